The first-order chi connectivity index (χ1) is 18.0. The van der Waals surface area contributed by atoms with E-state index in [9.17, 15) is 14.0 Å². The van der Waals surface area contributed by atoms with E-state index in [0.29, 0.717) is 47.9 Å². The van der Waals surface area contributed by atoms with Crippen molar-refractivity contribution in [3.05, 3.63) is 89.2 Å². The standard InChI is InChI=1S/C30H31FN2O4/c1-2-20-7-3-6-10-25(20)33(30(35)22-13-16-26-27(19-22)37-18-17-36-26)28(21-11-14-23(31)15-12-21)29(34)32-24-8-4-5-9-24/h3,6-7,10-16,19,24,28H,2,4-5,8-9,17-18H2,1H3,(H,32,34)/t28-/m1/s1. The topological polar surface area (TPSA) is 67.9 Å². The zero-order valence-corrected chi connectivity index (χ0v) is 20.9. The molecule has 0 bridgehead atoms. The van der Waals surface area contributed by atoms with Gasteiger partial charge in [-0.3, -0.25) is 14.5 Å². The minimum atomic E-state index is -0.991. The number of fused-ring (bicyclic) bond motifs is 1. The van der Waals surface area contributed by atoms with E-state index in [4.69, 9.17) is 9.47 Å². The Labute approximate surface area is 216 Å². The fraction of sp³-hybridized carbons (Fsp3) is 0.333. The van der Waals surface area contributed by atoms with Gasteiger partial charge in [-0.25, -0.2) is 4.39 Å². The molecule has 1 N–H and O–H groups in total. The number of halogens is 1. The molecule has 2 amide bonds. The first-order valence-corrected chi connectivity index (χ1v) is 12.9. The summed E-state index contributed by atoms with van der Waals surface area (Å²) in [5.41, 5.74) is 2.47. The fourth-order valence-corrected chi connectivity index (χ4v) is 5.14. The molecule has 5 rings (SSSR count). The van der Waals surface area contributed by atoms with Gasteiger partial charge in [-0.1, -0.05) is 50.1 Å². The van der Waals surface area contributed by atoms with Crippen LogP contribution in [-0.4, -0.2) is 31.1 Å². The summed E-state index contributed by atoms with van der Waals surface area (Å²) >= 11 is 0. The zero-order valence-electron chi connectivity index (χ0n) is 20.9. The second kappa shape index (κ2) is 11.0. The van der Waals surface area contributed by atoms with Crippen LogP contribution in [0.1, 0.15) is 60.1 Å². The number of nitrogens with zero attached hydrogens (tertiary/aromatic N) is 1. The molecular weight excluding hydrogens is 471 g/mol. The van der Waals surface area contributed by atoms with Crippen molar-refractivity contribution in [1.82, 2.24) is 5.32 Å². The number of rotatable bonds is 7. The van der Waals surface area contributed by atoms with Gasteiger partial charge in [0.1, 0.15) is 25.1 Å². The third-order valence-corrected chi connectivity index (χ3v) is 7.03. The molecular formula is C30H31FN2O4. The van der Waals surface area contributed by atoms with Gasteiger partial charge in [-0.2, -0.15) is 0 Å². The van der Waals surface area contributed by atoms with Gasteiger partial charge in [0, 0.05) is 17.3 Å². The fourth-order valence-electron chi connectivity index (χ4n) is 5.14. The van der Waals surface area contributed by atoms with Gasteiger partial charge >= 0.3 is 0 Å². The van der Waals surface area contributed by atoms with Gasteiger partial charge in [0.2, 0.25) is 5.91 Å². The second-order valence-electron chi connectivity index (χ2n) is 9.46. The molecule has 1 heterocycles. The molecule has 2 aliphatic rings. The number of hydrogen-bond acceptors (Lipinski definition) is 4. The normalized spacial score (nSPS) is 15.7. The number of anilines is 1. The zero-order chi connectivity index (χ0) is 25.8. The van der Waals surface area contributed by atoms with Crippen molar-refractivity contribution in [2.45, 2.75) is 51.1 Å². The first kappa shape index (κ1) is 24.8. The number of carbonyl (C=O) groups is 2. The van der Waals surface area contributed by atoms with Crippen LogP contribution in [-0.2, 0) is 11.2 Å². The molecule has 0 radical (unpaired) electrons. The molecule has 0 aromatic heterocycles. The number of ether oxygens (including phenoxy) is 2. The smallest absolute Gasteiger partial charge is 0.259 e. The third-order valence-electron chi connectivity index (χ3n) is 7.03. The average Bonchev–Trinajstić information content (AvgIpc) is 3.44. The molecule has 0 unspecified atom stereocenters. The monoisotopic (exact) mass is 502 g/mol. The molecule has 7 heteroatoms. The van der Waals surface area contributed by atoms with E-state index in [1.54, 1.807) is 35.2 Å². The maximum absolute atomic E-state index is 14.3. The highest BCUT2D eigenvalue weighted by molar-refractivity contribution is 6.10. The first-order valence-electron chi connectivity index (χ1n) is 12.9. The molecule has 1 aliphatic heterocycles. The molecule has 1 saturated carbocycles. The van der Waals surface area contributed by atoms with Crippen LogP contribution in [0, 0.1) is 5.82 Å². The van der Waals surface area contributed by atoms with Crippen LogP contribution in [0.2, 0.25) is 0 Å². The summed E-state index contributed by atoms with van der Waals surface area (Å²) in [5.74, 6) is 0.0355. The largest absolute Gasteiger partial charge is 0.486 e. The Morgan fingerprint density at radius 2 is 1.68 bits per heavy atom. The Hall–Kier alpha value is -3.87. The van der Waals surface area contributed by atoms with Gasteiger partial charge in [0.15, 0.2) is 11.5 Å². The van der Waals surface area contributed by atoms with Gasteiger partial charge in [0.25, 0.3) is 5.91 Å². The van der Waals surface area contributed by atoms with Crippen LogP contribution >= 0.6 is 0 Å². The van der Waals surface area contributed by atoms with E-state index in [1.807, 2.05) is 31.2 Å². The third kappa shape index (κ3) is 5.31. The number of amides is 2. The Bertz CT molecular complexity index is 1270. The average molecular weight is 503 g/mol. The summed E-state index contributed by atoms with van der Waals surface area (Å²) in [6, 6.07) is 17.5. The minimum Gasteiger partial charge on any atom is -0.486 e. The summed E-state index contributed by atoms with van der Waals surface area (Å²) in [5, 5.41) is 3.16. The van der Waals surface area contributed by atoms with Crippen LogP contribution < -0.4 is 19.7 Å². The molecule has 1 aliphatic carbocycles. The molecule has 0 spiro atoms. The predicted molar refractivity (Wildman–Crippen MR) is 140 cm³/mol. The highest BCUT2D eigenvalue weighted by atomic mass is 19.1. The maximum atomic E-state index is 14.3. The van der Waals surface area contributed by atoms with E-state index in [1.165, 1.54) is 12.1 Å². The summed E-state index contributed by atoms with van der Waals surface area (Å²) in [6.07, 6.45) is 4.60. The number of hydrogen-bond donors (Lipinski definition) is 1. The highest BCUT2D eigenvalue weighted by Crippen LogP contribution is 2.36. The number of aryl methyl sites for hydroxylation is 1. The van der Waals surface area contributed by atoms with Crippen LogP contribution in [0.4, 0.5) is 10.1 Å². The van der Waals surface area contributed by atoms with Gasteiger partial charge in [0.05, 0.1) is 0 Å². The SMILES string of the molecule is CCc1ccccc1N(C(=O)c1ccc2c(c1)OCCO2)[C@@H](C(=O)NC1CCCC1)c1ccc(F)cc1. The van der Waals surface area contributed by atoms with Crippen LogP contribution in [0.5, 0.6) is 11.5 Å². The highest BCUT2D eigenvalue weighted by Gasteiger charge is 2.36. The van der Waals surface area contributed by atoms with Crippen molar-refractivity contribution in [1.29, 1.82) is 0 Å². The summed E-state index contributed by atoms with van der Waals surface area (Å²) in [4.78, 5) is 29.8. The molecule has 1 atom stereocenters. The van der Waals surface area contributed by atoms with Crippen molar-refractivity contribution < 1.29 is 23.5 Å². The number of nitrogens with one attached hydrogen (secondary N) is 1. The quantitative estimate of drug-likeness (QED) is 0.456. The van der Waals surface area contributed by atoms with Crippen molar-refractivity contribution in [3.8, 4) is 11.5 Å². The lowest BCUT2D eigenvalue weighted by Crippen LogP contribution is -2.46. The van der Waals surface area contributed by atoms with Crippen LogP contribution in [0.15, 0.2) is 66.7 Å². The number of para-hydroxylation sites is 1. The van der Waals surface area contributed by atoms with Gasteiger partial charge < -0.3 is 14.8 Å². The minimum absolute atomic E-state index is 0.0584. The Morgan fingerprint density at radius 3 is 2.41 bits per heavy atom. The van der Waals surface area contributed by atoms with Crippen molar-refractivity contribution in [3.63, 3.8) is 0 Å². The summed E-state index contributed by atoms with van der Waals surface area (Å²) in [6.45, 7) is 2.86. The maximum Gasteiger partial charge on any atom is 0.259 e. The van der Waals surface area contributed by atoms with Crippen molar-refractivity contribution in [2.75, 3.05) is 18.1 Å². The molecule has 1 fully saturated rings. The number of benzene rings is 3. The Morgan fingerprint density at radius 1 is 0.973 bits per heavy atom. The Balaban J connectivity index is 1.63. The predicted octanol–water partition coefficient (Wildman–Crippen LogP) is 5.61. The number of carbonyl (C=O) groups excluding carboxylic acids is 2. The lowest BCUT2D eigenvalue weighted by atomic mass is 9.99. The van der Waals surface area contributed by atoms with Gasteiger partial charge in [-0.05, 0) is 66.8 Å². The lowest BCUT2D eigenvalue weighted by molar-refractivity contribution is -0.123. The van der Waals surface area contributed by atoms with Crippen molar-refractivity contribution in [2.24, 2.45) is 0 Å². The second-order valence-corrected chi connectivity index (χ2v) is 9.46. The van der Waals surface area contributed by atoms with Crippen LogP contribution in [0.3, 0.4) is 0 Å². The lowest BCUT2D eigenvalue weighted by Gasteiger charge is -2.34. The van der Waals surface area contributed by atoms with Gasteiger partial charge in [-0.15, -0.1) is 0 Å². The summed E-state index contributed by atoms with van der Waals surface area (Å²) < 4.78 is 25.3. The molecule has 0 saturated heterocycles. The van der Waals surface area contributed by atoms with E-state index in [-0.39, 0.29) is 17.9 Å². The van der Waals surface area contributed by atoms with E-state index in [0.717, 1.165) is 31.2 Å². The molecule has 6 nitrogen and oxygen atoms in total. The molecule has 37 heavy (non-hydrogen) atoms. The van der Waals surface area contributed by atoms with Crippen LogP contribution in [0.25, 0.3) is 0 Å². The molecule has 3 aromatic carbocycles. The van der Waals surface area contributed by atoms with E-state index >= 15 is 0 Å². The molecule has 192 valence electrons. The molecule has 3 aromatic rings. The summed E-state index contributed by atoms with van der Waals surface area (Å²) in [7, 11) is 0. The van der Waals surface area contributed by atoms with Crippen molar-refractivity contribution >= 4 is 17.5 Å². The van der Waals surface area contributed by atoms with E-state index < -0.39 is 11.9 Å². The van der Waals surface area contributed by atoms with E-state index in [2.05, 4.69) is 5.32 Å². The Kier molecular flexibility index (Phi) is 7.40.